The van der Waals surface area contributed by atoms with Gasteiger partial charge in [-0.05, 0) is 58.0 Å². The third-order valence-corrected chi connectivity index (χ3v) is 6.36. The van der Waals surface area contributed by atoms with Gasteiger partial charge in [0.15, 0.2) is 5.82 Å². The molecule has 0 atom stereocenters. The van der Waals surface area contributed by atoms with Crippen LogP contribution in [-0.2, 0) is 16.6 Å². The molecule has 2 aromatic carbocycles. The zero-order chi connectivity index (χ0) is 20.5. The Morgan fingerprint density at radius 2 is 1.79 bits per heavy atom. The molecule has 3 aromatic rings. The lowest BCUT2D eigenvalue weighted by molar-refractivity contribution is 0.534. The normalized spacial score (nSPS) is 12.2. The molecule has 0 saturated carbocycles. The van der Waals surface area contributed by atoms with Crippen molar-refractivity contribution in [3.05, 3.63) is 60.7 Å². The van der Waals surface area contributed by atoms with Crippen molar-refractivity contribution in [2.24, 2.45) is 0 Å². The smallest absolute Gasteiger partial charge is 0.264 e. The molecule has 0 amide bonds. The van der Waals surface area contributed by atoms with Gasteiger partial charge in [0.2, 0.25) is 0 Å². The van der Waals surface area contributed by atoms with Gasteiger partial charge in [0, 0.05) is 17.6 Å². The van der Waals surface area contributed by atoms with Crippen LogP contribution in [0.15, 0.2) is 59.8 Å². The minimum atomic E-state index is -3.95. The van der Waals surface area contributed by atoms with Crippen molar-refractivity contribution >= 4 is 15.7 Å². The van der Waals surface area contributed by atoms with E-state index in [4.69, 9.17) is 0 Å². The van der Waals surface area contributed by atoms with E-state index in [0.29, 0.717) is 17.9 Å². The average Bonchev–Trinajstić information content (AvgIpc) is 3.10. The van der Waals surface area contributed by atoms with Crippen LogP contribution in [0, 0.1) is 5.82 Å². The van der Waals surface area contributed by atoms with Gasteiger partial charge in [0.1, 0.15) is 12.1 Å². The van der Waals surface area contributed by atoms with Gasteiger partial charge in [-0.2, -0.15) is 0 Å². The predicted molar refractivity (Wildman–Crippen MR) is 107 cm³/mol. The molecule has 0 bridgehead atoms. The maximum Gasteiger partial charge on any atom is 0.264 e. The third-order valence-electron chi connectivity index (χ3n) is 4.27. The summed E-state index contributed by atoms with van der Waals surface area (Å²) in [6.45, 7) is 7.84. The molecule has 6 nitrogen and oxygen atoms in total. The van der Waals surface area contributed by atoms with Crippen molar-refractivity contribution in [2.75, 3.05) is 4.31 Å². The van der Waals surface area contributed by atoms with E-state index in [9.17, 15) is 12.8 Å². The second-order valence-electron chi connectivity index (χ2n) is 7.36. The van der Waals surface area contributed by atoms with E-state index in [0.717, 1.165) is 0 Å². The van der Waals surface area contributed by atoms with Crippen molar-refractivity contribution in [3.63, 3.8) is 0 Å². The lowest BCUT2D eigenvalue weighted by atomic mass is 10.1. The Kier molecular flexibility index (Phi) is 5.25. The van der Waals surface area contributed by atoms with Crippen LogP contribution in [0.5, 0.6) is 0 Å². The fourth-order valence-corrected chi connectivity index (χ4v) is 4.95. The summed E-state index contributed by atoms with van der Waals surface area (Å²) in [6.07, 6.45) is 1.57. The second kappa shape index (κ2) is 7.35. The van der Waals surface area contributed by atoms with Crippen molar-refractivity contribution in [3.8, 4) is 11.4 Å². The first-order valence-corrected chi connectivity index (χ1v) is 10.4. The first kappa shape index (κ1) is 20.0. The summed E-state index contributed by atoms with van der Waals surface area (Å²) >= 11 is 0. The lowest BCUT2D eigenvalue weighted by Gasteiger charge is -2.37. The van der Waals surface area contributed by atoms with Gasteiger partial charge in [0.25, 0.3) is 10.0 Å². The first-order chi connectivity index (χ1) is 13.2. The molecule has 3 rings (SSSR count). The molecule has 1 heterocycles. The molecule has 0 aliphatic rings. The van der Waals surface area contributed by atoms with Gasteiger partial charge < -0.3 is 4.57 Å². The highest BCUT2D eigenvalue weighted by molar-refractivity contribution is 7.93. The maximum atomic E-state index is 14.2. The van der Waals surface area contributed by atoms with Gasteiger partial charge in [-0.1, -0.05) is 18.2 Å². The summed E-state index contributed by atoms with van der Waals surface area (Å²) in [5.41, 5.74) is -0.136. The Hall–Kier alpha value is -2.74. The third kappa shape index (κ3) is 3.64. The monoisotopic (exact) mass is 402 g/mol. The molecular weight excluding hydrogens is 379 g/mol. The van der Waals surface area contributed by atoms with Gasteiger partial charge in [0.05, 0.1) is 10.6 Å². The number of sulfonamides is 1. The minimum absolute atomic E-state index is 0.136. The highest BCUT2D eigenvalue weighted by Crippen LogP contribution is 2.38. The SMILES string of the molecule is CCn1cnnc1-c1ccc(F)cc1N(C(C)(C)C)S(=O)(=O)c1ccccc1. The van der Waals surface area contributed by atoms with Crippen LogP contribution in [0.4, 0.5) is 10.1 Å². The van der Waals surface area contributed by atoms with Crippen LogP contribution in [-0.4, -0.2) is 28.7 Å². The predicted octanol–water partition coefficient (Wildman–Crippen LogP) is 4.10. The second-order valence-corrected chi connectivity index (χ2v) is 9.14. The largest absolute Gasteiger partial charge is 0.314 e. The van der Waals surface area contributed by atoms with E-state index in [-0.39, 0.29) is 10.6 Å². The minimum Gasteiger partial charge on any atom is -0.314 e. The van der Waals surface area contributed by atoms with Gasteiger partial charge in [-0.15, -0.1) is 10.2 Å². The van der Waals surface area contributed by atoms with Crippen LogP contribution >= 0.6 is 0 Å². The summed E-state index contributed by atoms with van der Waals surface area (Å²) in [5, 5.41) is 8.06. The standard InChI is InChI=1S/C20H23FN4O2S/c1-5-24-14-22-23-19(24)17-12-11-15(21)13-18(17)25(20(2,3)4)28(26,27)16-9-7-6-8-10-16/h6-14H,5H2,1-4H3. The number of nitrogens with zero attached hydrogens (tertiary/aromatic N) is 4. The van der Waals surface area contributed by atoms with Gasteiger partial charge in [-0.3, -0.25) is 4.31 Å². The highest BCUT2D eigenvalue weighted by Gasteiger charge is 2.36. The zero-order valence-electron chi connectivity index (χ0n) is 16.3. The summed E-state index contributed by atoms with van der Waals surface area (Å²) in [7, 11) is -3.95. The molecule has 0 radical (unpaired) electrons. The Labute approximate surface area is 164 Å². The van der Waals surface area contributed by atoms with E-state index in [1.807, 2.05) is 6.92 Å². The number of rotatable bonds is 5. The molecule has 0 fully saturated rings. The van der Waals surface area contributed by atoms with Crippen molar-refractivity contribution in [1.82, 2.24) is 14.8 Å². The molecule has 0 aliphatic carbocycles. The fraction of sp³-hybridized carbons (Fsp3) is 0.300. The van der Waals surface area contributed by atoms with Crippen molar-refractivity contribution in [1.29, 1.82) is 0 Å². The van der Waals surface area contributed by atoms with Crippen LogP contribution in [0.2, 0.25) is 0 Å². The summed E-state index contributed by atoms with van der Waals surface area (Å²) in [4.78, 5) is 0.136. The molecule has 1 aromatic heterocycles. The quantitative estimate of drug-likeness (QED) is 0.644. The number of anilines is 1. The van der Waals surface area contributed by atoms with Gasteiger partial charge >= 0.3 is 0 Å². The molecule has 148 valence electrons. The topological polar surface area (TPSA) is 68.1 Å². The van der Waals surface area contributed by atoms with E-state index >= 15 is 0 Å². The lowest BCUT2D eigenvalue weighted by Crippen LogP contribution is -2.46. The first-order valence-electron chi connectivity index (χ1n) is 8.94. The number of hydrogen-bond donors (Lipinski definition) is 0. The van der Waals surface area contributed by atoms with E-state index < -0.39 is 21.4 Å². The van der Waals surface area contributed by atoms with Crippen molar-refractivity contribution in [2.45, 2.75) is 44.7 Å². The molecule has 0 unspecified atom stereocenters. The van der Waals surface area contributed by atoms with Gasteiger partial charge in [-0.25, -0.2) is 12.8 Å². The Morgan fingerprint density at radius 3 is 2.39 bits per heavy atom. The molecule has 0 aliphatic heterocycles. The zero-order valence-corrected chi connectivity index (χ0v) is 17.1. The molecule has 0 N–H and O–H groups in total. The number of aromatic nitrogens is 3. The number of hydrogen-bond acceptors (Lipinski definition) is 4. The Balaban J connectivity index is 2.30. The molecule has 0 saturated heterocycles. The van der Waals surface area contributed by atoms with Crippen LogP contribution in [0.3, 0.4) is 0 Å². The fourth-order valence-electron chi connectivity index (χ4n) is 3.11. The van der Waals surface area contributed by atoms with E-state index in [1.54, 1.807) is 55.9 Å². The van der Waals surface area contributed by atoms with Crippen LogP contribution < -0.4 is 4.31 Å². The molecule has 8 heteroatoms. The maximum absolute atomic E-state index is 14.2. The van der Waals surface area contributed by atoms with E-state index in [2.05, 4.69) is 10.2 Å². The van der Waals surface area contributed by atoms with Crippen molar-refractivity contribution < 1.29 is 12.8 Å². The summed E-state index contributed by atoms with van der Waals surface area (Å²) < 4.78 is 44.3. The highest BCUT2D eigenvalue weighted by atomic mass is 32.2. The average molecular weight is 402 g/mol. The number of aryl methyl sites for hydroxylation is 1. The Bertz CT molecular complexity index is 1070. The molecule has 0 spiro atoms. The molecular formula is C20H23FN4O2S. The molecule has 28 heavy (non-hydrogen) atoms. The van der Waals surface area contributed by atoms with Crippen LogP contribution in [0.25, 0.3) is 11.4 Å². The summed E-state index contributed by atoms with van der Waals surface area (Å²) in [5.74, 6) is -0.0474. The van der Waals surface area contributed by atoms with E-state index in [1.165, 1.54) is 28.6 Å². The summed E-state index contributed by atoms with van der Waals surface area (Å²) in [6, 6.07) is 12.2. The number of halogens is 1. The number of benzene rings is 2. The Morgan fingerprint density at radius 1 is 1.11 bits per heavy atom. The van der Waals surface area contributed by atoms with Crippen LogP contribution in [0.1, 0.15) is 27.7 Å².